The first-order chi connectivity index (χ1) is 39.9. The number of nitrogens with zero attached hydrogens (tertiary/aromatic N) is 1. The fourth-order valence-corrected chi connectivity index (χ4v) is 9.74. The van der Waals surface area contributed by atoms with Gasteiger partial charge in [-0.15, -0.1) is 0 Å². The average Bonchev–Trinajstić information content (AvgIpc) is 3.44. The van der Waals surface area contributed by atoms with Crippen molar-refractivity contribution in [2.45, 2.75) is 283 Å². The number of esters is 1. The van der Waals surface area contributed by atoms with E-state index in [-0.39, 0.29) is 37.9 Å². The zero-order valence-corrected chi connectivity index (χ0v) is 54.6. The normalized spacial score (nSPS) is 14.4. The number of hydrogen-bond donors (Lipinski definition) is 2. The fraction of sp³-hybridized carbons (Fsp3) is 0.694. The molecule has 0 radical (unpaired) electrons. The predicted octanol–water partition coefficient (Wildman–Crippen LogP) is 21.1. The van der Waals surface area contributed by atoms with E-state index in [1.165, 1.54) is 109 Å². The molecule has 0 bridgehead atoms. The van der Waals surface area contributed by atoms with Crippen molar-refractivity contribution in [2.24, 2.45) is 0 Å². The van der Waals surface area contributed by atoms with Gasteiger partial charge in [-0.05, 0) is 122 Å². The Morgan fingerprint density at radius 1 is 0.439 bits per heavy atom. The Hall–Kier alpha value is -3.59. The standard InChI is InChI=1S/C72H125N2O7P/c1-7-10-13-16-19-22-25-28-30-32-34-35-36-37-38-39-41-43-45-47-50-53-56-59-62-65-72(76)81-70(63-60-57-54-51-48-27-24-21-18-15-12-9-3)69(68-80-82(77,78)79-67-66-74(4,5)6)73-71(75)64-61-58-55-52-49-46-44-42-40-33-31-29-26-23-20-17-14-11-8-2/h10,13,19-20,22-23,28-31,34-35,37-38,40,42,46,49,60,63,69-70H,7-9,11-12,14-18,21,24-27,32-33,36,39,41,43-45,47-48,50-59,61-62,64-68H2,1-6H3,(H-,73,75,77,78)/p+1/b13-10-,22-19-,23-20-,30-28-,31-29-,35-34-,38-37-,42-40-,49-46-,63-60-. The second-order valence-corrected chi connectivity index (χ2v) is 24.7. The number of amides is 1. The van der Waals surface area contributed by atoms with Crippen LogP contribution in [0, 0.1) is 0 Å². The second kappa shape index (κ2) is 60.5. The van der Waals surface area contributed by atoms with Crippen molar-refractivity contribution in [2.75, 3.05) is 40.9 Å². The molecule has 0 spiro atoms. The van der Waals surface area contributed by atoms with Gasteiger partial charge in [-0.1, -0.05) is 258 Å². The van der Waals surface area contributed by atoms with Gasteiger partial charge in [-0.2, -0.15) is 0 Å². The number of hydrogen-bond acceptors (Lipinski definition) is 6. The smallest absolute Gasteiger partial charge is 0.456 e. The number of ether oxygens (including phenoxy) is 1. The Labute approximate surface area is 505 Å². The molecule has 3 atom stereocenters. The van der Waals surface area contributed by atoms with E-state index < -0.39 is 20.0 Å². The van der Waals surface area contributed by atoms with Gasteiger partial charge in [-0.3, -0.25) is 18.6 Å². The van der Waals surface area contributed by atoms with E-state index >= 15 is 0 Å². The van der Waals surface area contributed by atoms with Crippen LogP contribution >= 0.6 is 7.82 Å². The summed E-state index contributed by atoms with van der Waals surface area (Å²) in [5, 5.41) is 3.04. The van der Waals surface area contributed by atoms with Crippen LogP contribution in [0.4, 0.5) is 0 Å². The van der Waals surface area contributed by atoms with Crippen LogP contribution in [0.15, 0.2) is 122 Å². The molecule has 10 heteroatoms. The molecule has 0 aromatic carbocycles. The van der Waals surface area contributed by atoms with Crippen LogP contribution in [0.1, 0.15) is 271 Å². The maximum atomic E-state index is 13.6. The highest BCUT2D eigenvalue weighted by atomic mass is 31.2. The molecule has 9 nitrogen and oxygen atoms in total. The summed E-state index contributed by atoms with van der Waals surface area (Å²) in [5.41, 5.74) is 0. The molecule has 82 heavy (non-hydrogen) atoms. The average molecular weight is 1160 g/mol. The van der Waals surface area contributed by atoms with E-state index in [4.69, 9.17) is 13.8 Å². The number of phosphoric ester groups is 1. The summed E-state index contributed by atoms with van der Waals surface area (Å²) in [6.07, 6.45) is 84.9. The van der Waals surface area contributed by atoms with Gasteiger partial charge < -0.3 is 19.4 Å². The van der Waals surface area contributed by atoms with Gasteiger partial charge in [-0.25, -0.2) is 4.57 Å². The monoisotopic (exact) mass is 1160 g/mol. The van der Waals surface area contributed by atoms with Gasteiger partial charge in [0.05, 0.1) is 33.8 Å². The molecule has 0 saturated carbocycles. The zero-order valence-electron chi connectivity index (χ0n) is 53.7. The molecule has 470 valence electrons. The minimum absolute atomic E-state index is 0.0268. The van der Waals surface area contributed by atoms with Crippen LogP contribution < -0.4 is 5.32 Å². The van der Waals surface area contributed by atoms with Crippen molar-refractivity contribution < 1.29 is 37.3 Å². The quantitative estimate of drug-likeness (QED) is 0.0205. The lowest BCUT2D eigenvalue weighted by Gasteiger charge is -2.27. The highest BCUT2D eigenvalue weighted by molar-refractivity contribution is 7.47. The number of allylic oxidation sites excluding steroid dienone is 19. The molecule has 3 unspecified atom stereocenters. The third kappa shape index (κ3) is 61.0. The molecule has 2 N–H and O–H groups in total. The molecular weight excluding hydrogens is 1040 g/mol. The van der Waals surface area contributed by atoms with Gasteiger partial charge in [0, 0.05) is 12.8 Å². The SMILES string of the molecule is CC/C=C\C/C=C\C/C=C\C/C=C\C/C=C\CCCCCCCCCCCC(=O)OC(/C=C\CCCCCCCCCCCC)C(COP(=O)(O)OCC[N+](C)(C)C)NC(=O)CCCCC/C=C\C/C=C\C/C=C\C/C=C\CCCCC. The maximum absolute atomic E-state index is 13.6. The molecule has 0 aliphatic rings. The molecular formula is C72H126N2O7P+. The van der Waals surface area contributed by atoms with Crippen molar-refractivity contribution in [1.29, 1.82) is 0 Å². The second-order valence-electron chi connectivity index (χ2n) is 23.3. The van der Waals surface area contributed by atoms with Crippen LogP contribution in [-0.4, -0.2) is 74.3 Å². The first-order valence-electron chi connectivity index (χ1n) is 33.4. The molecule has 0 aliphatic carbocycles. The molecule has 0 aromatic heterocycles. The predicted molar refractivity (Wildman–Crippen MR) is 355 cm³/mol. The molecule has 0 aliphatic heterocycles. The van der Waals surface area contributed by atoms with Gasteiger partial charge in [0.2, 0.25) is 5.91 Å². The van der Waals surface area contributed by atoms with E-state index in [0.29, 0.717) is 17.4 Å². The molecule has 0 heterocycles. The summed E-state index contributed by atoms with van der Waals surface area (Å²) in [4.78, 5) is 37.8. The lowest BCUT2D eigenvalue weighted by molar-refractivity contribution is -0.870. The number of unbranched alkanes of at least 4 members (excludes halogenated alkanes) is 25. The summed E-state index contributed by atoms with van der Waals surface area (Å²) >= 11 is 0. The Bertz CT molecular complexity index is 1820. The van der Waals surface area contributed by atoms with E-state index in [9.17, 15) is 19.0 Å². The number of phosphoric acid groups is 1. The Kier molecular flexibility index (Phi) is 57.9. The number of likely N-dealkylation sites (N-methyl/N-ethyl adjacent to an activating group) is 1. The largest absolute Gasteiger partial charge is 0.472 e. The minimum Gasteiger partial charge on any atom is -0.456 e. The molecule has 1 amide bonds. The molecule has 0 saturated heterocycles. The highest BCUT2D eigenvalue weighted by Crippen LogP contribution is 2.43. The fourth-order valence-electron chi connectivity index (χ4n) is 9.01. The topological polar surface area (TPSA) is 111 Å². The summed E-state index contributed by atoms with van der Waals surface area (Å²) in [5.74, 6) is -0.553. The van der Waals surface area contributed by atoms with Crippen molar-refractivity contribution >= 4 is 19.7 Å². The van der Waals surface area contributed by atoms with Crippen LogP contribution in [-0.2, 0) is 27.9 Å². The maximum Gasteiger partial charge on any atom is 0.472 e. The van der Waals surface area contributed by atoms with Gasteiger partial charge in [0.25, 0.3) is 0 Å². The van der Waals surface area contributed by atoms with Crippen LogP contribution in [0.2, 0.25) is 0 Å². The Balaban J connectivity index is 5.22. The highest BCUT2D eigenvalue weighted by Gasteiger charge is 2.30. The number of rotatable bonds is 59. The third-order valence-electron chi connectivity index (χ3n) is 14.1. The van der Waals surface area contributed by atoms with Crippen molar-refractivity contribution in [3.05, 3.63) is 122 Å². The number of nitrogens with one attached hydrogen (secondary N) is 1. The van der Waals surface area contributed by atoms with E-state index in [2.05, 4.69) is 135 Å². The summed E-state index contributed by atoms with van der Waals surface area (Å²) in [6, 6.07) is -0.876. The minimum atomic E-state index is -4.47. The summed E-state index contributed by atoms with van der Waals surface area (Å²) in [6.45, 7) is 6.84. The summed E-state index contributed by atoms with van der Waals surface area (Å²) < 4.78 is 30.7. The zero-order chi connectivity index (χ0) is 60.0. The van der Waals surface area contributed by atoms with Gasteiger partial charge in [0.1, 0.15) is 19.3 Å². The van der Waals surface area contributed by atoms with Crippen LogP contribution in [0.3, 0.4) is 0 Å². The Morgan fingerprint density at radius 3 is 1.21 bits per heavy atom. The van der Waals surface area contributed by atoms with E-state index in [1.54, 1.807) is 0 Å². The lowest BCUT2D eigenvalue weighted by Crippen LogP contribution is -2.47. The van der Waals surface area contributed by atoms with Crippen molar-refractivity contribution in [3.63, 3.8) is 0 Å². The van der Waals surface area contributed by atoms with Crippen LogP contribution in [0.5, 0.6) is 0 Å². The first-order valence-corrected chi connectivity index (χ1v) is 34.9. The van der Waals surface area contributed by atoms with Crippen LogP contribution in [0.25, 0.3) is 0 Å². The number of carbonyl (C=O) groups is 2. The first kappa shape index (κ1) is 78.4. The van der Waals surface area contributed by atoms with Gasteiger partial charge >= 0.3 is 13.8 Å². The van der Waals surface area contributed by atoms with E-state index in [0.717, 1.165) is 122 Å². The molecule has 0 fully saturated rings. The van der Waals surface area contributed by atoms with Crippen molar-refractivity contribution in [3.8, 4) is 0 Å². The lowest BCUT2D eigenvalue weighted by atomic mass is 10.0. The van der Waals surface area contributed by atoms with Crippen molar-refractivity contribution in [1.82, 2.24) is 5.32 Å². The number of quaternary nitrogens is 1. The molecule has 0 rings (SSSR count). The summed E-state index contributed by atoms with van der Waals surface area (Å²) in [7, 11) is 1.46. The number of carbonyl (C=O) groups excluding carboxylic acids is 2. The molecule has 0 aromatic rings. The van der Waals surface area contributed by atoms with Gasteiger partial charge in [0.15, 0.2) is 0 Å². The third-order valence-corrected chi connectivity index (χ3v) is 15.1. The van der Waals surface area contributed by atoms with E-state index in [1.807, 2.05) is 33.3 Å². The Morgan fingerprint density at radius 2 is 0.780 bits per heavy atom.